The van der Waals surface area contributed by atoms with Gasteiger partial charge in [0.15, 0.2) is 0 Å². The Morgan fingerprint density at radius 3 is 2.71 bits per heavy atom. The molecule has 1 aromatic rings. The Bertz CT molecular complexity index is 607. The van der Waals surface area contributed by atoms with Crippen molar-refractivity contribution in [3.8, 4) is 0 Å². The second-order valence-corrected chi connectivity index (χ2v) is 8.10. The highest BCUT2D eigenvalue weighted by Crippen LogP contribution is 2.29. The zero-order valence-electron chi connectivity index (χ0n) is 12.6. The zero-order valence-corrected chi connectivity index (χ0v) is 13.5. The molecule has 0 atom stereocenters. The van der Waals surface area contributed by atoms with Gasteiger partial charge in [-0.3, -0.25) is 0 Å². The lowest BCUT2D eigenvalue weighted by Crippen LogP contribution is -2.39. The van der Waals surface area contributed by atoms with Crippen LogP contribution in [0.3, 0.4) is 0 Å². The van der Waals surface area contributed by atoms with E-state index in [0.717, 1.165) is 56.3 Å². The fourth-order valence-electron chi connectivity index (χ4n) is 3.53. The van der Waals surface area contributed by atoms with Crippen molar-refractivity contribution in [3.05, 3.63) is 29.3 Å². The molecule has 0 radical (unpaired) electrons. The minimum atomic E-state index is -3.37. The Labute approximate surface area is 127 Å². The van der Waals surface area contributed by atoms with Crippen LogP contribution in [0.1, 0.15) is 43.2 Å². The summed E-state index contributed by atoms with van der Waals surface area (Å²) in [6.45, 7) is 1.62. The molecule has 0 bridgehead atoms. The number of nitrogens with one attached hydrogen (secondary N) is 1. The Hall–Kier alpha value is -0.910. The minimum absolute atomic E-state index is 0.168. The smallest absolute Gasteiger partial charge is 0.243 e. The molecule has 0 amide bonds. The highest BCUT2D eigenvalue weighted by Gasteiger charge is 2.31. The van der Waals surface area contributed by atoms with Crippen LogP contribution >= 0.6 is 0 Å². The number of hydrogen-bond donors (Lipinski definition) is 1. The van der Waals surface area contributed by atoms with Crippen molar-refractivity contribution in [1.82, 2.24) is 9.62 Å². The summed E-state index contributed by atoms with van der Waals surface area (Å²) in [5.41, 5.74) is 2.14. The van der Waals surface area contributed by atoms with E-state index in [4.69, 9.17) is 0 Å². The standard InChI is InChI=1S/C16H24N2O2S/c1-18(14-7-3-2-4-8-14)21(19,20)16-9-5-6-13-12-17-11-10-15(13)16/h5-6,9,14,17H,2-4,7-8,10-12H2,1H3. The Balaban J connectivity index is 1.94. The van der Waals surface area contributed by atoms with Crippen molar-refractivity contribution in [2.75, 3.05) is 13.6 Å². The lowest BCUT2D eigenvalue weighted by molar-refractivity contribution is 0.285. The number of rotatable bonds is 3. The van der Waals surface area contributed by atoms with Crippen molar-refractivity contribution in [1.29, 1.82) is 0 Å². The maximum atomic E-state index is 13.0. The van der Waals surface area contributed by atoms with Crippen LogP contribution in [0.2, 0.25) is 0 Å². The third-order valence-electron chi connectivity index (χ3n) is 4.84. The van der Waals surface area contributed by atoms with Gasteiger partial charge in [0.05, 0.1) is 4.90 Å². The Morgan fingerprint density at radius 2 is 1.95 bits per heavy atom. The molecule has 1 heterocycles. The average molecular weight is 308 g/mol. The van der Waals surface area contributed by atoms with E-state index in [9.17, 15) is 8.42 Å². The topological polar surface area (TPSA) is 49.4 Å². The number of hydrogen-bond acceptors (Lipinski definition) is 3. The van der Waals surface area contributed by atoms with Crippen LogP contribution in [0.15, 0.2) is 23.1 Å². The van der Waals surface area contributed by atoms with E-state index < -0.39 is 10.0 Å². The summed E-state index contributed by atoms with van der Waals surface area (Å²) in [7, 11) is -1.62. The van der Waals surface area contributed by atoms with E-state index in [1.165, 1.54) is 6.42 Å². The number of nitrogens with zero attached hydrogens (tertiary/aromatic N) is 1. The predicted molar refractivity (Wildman–Crippen MR) is 83.7 cm³/mol. The lowest BCUT2D eigenvalue weighted by Gasteiger charge is -2.31. The van der Waals surface area contributed by atoms with Crippen molar-refractivity contribution in [3.63, 3.8) is 0 Å². The van der Waals surface area contributed by atoms with Gasteiger partial charge in [0.2, 0.25) is 10.0 Å². The van der Waals surface area contributed by atoms with Crippen molar-refractivity contribution < 1.29 is 8.42 Å². The highest BCUT2D eigenvalue weighted by molar-refractivity contribution is 7.89. The minimum Gasteiger partial charge on any atom is -0.312 e. The third kappa shape index (κ3) is 2.87. The fraction of sp³-hybridized carbons (Fsp3) is 0.625. The second-order valence-electron chi connectivity index (χ2n) is 6.13. The molecule has 1 aliphatic carbocycles. The van der Waals surface area contributed by atoms with E-state index in [-0.39, 0.29) is 6.04 Å². The van der Waals surface area contributed by atoms with Crippen molar-refractivity contribution in [2.45, 2.75) is 56.0 Å². The zero-order chi connectivity index (χ0) is 14.9. The van der Waals surface area contributed by atoms with Crippen molar-refractivity contribution in [2.24, 2.45) is 0 Å². The van der Waals surface area contributed by atoms with Gasteiger partial charge in [-0.1, -0.05) is 31.4 Å². The summed E-state index contributed by atoms with van der Waals surface area (Å²) in [4.78, 5) is 0.523. The van der Waals surface area contributed by atoms with E-state index >= 15 is 0 Å². The number of benzene rings is 1. The maximum absolute atomic E-state index is 13.0. The van der Waals surface area contributed by atoms with Gasteiger partial charge >= 0.3 is 0 Å². The molecule has 1 N–H and O–H groups in total. The van der Waals surface area contributed by atoms with Gasteiger partial charge < -0.3 is 5.32 Å². The van der Waals surface area contributed by atoms with Crippen LogP contribution in [0.4, 0.5) is 0 Å². The molecule has 0 unspecified atom stereocenters. The average Bonchev–Trinajstić information content (AvgIpc) is 2.54. The normalized spacial score (nSPS) is 20.5. The molecule has 1 saturated carbocycles. The van der Waals surface area contributed by atoms with Gasteiger partial charge in [0.1, 0.15) is 0 Å². The quantitative estimate of drug-likeness (QED) is 0.932. The van der Waals surface area contributed by atoms with Gasteiger partial charge in [-0.05, 0) is 43.0 Å². The van der Waals surface area contributed by atoms with Crippen LogP contribution in [0.5, 0.6) is 0 Å². The van der Waals surface area contributed by atoms with E-state index in [0.29, 0.717) is 4.90 Å². The molecule has 116 valence electrons. The fourth-order valence-corrected chi connectivity index (χ4v) is 5.24. The van der Waals surface area contributed by atoms with Gasteiger partial charge in [0, 0.05) is 19.6 Å². The summed E-state index contributed by atoms with van der Waals surface area (Å²) in [5, 5.41) is 3.30. The second kappa shape index (κ2) is 6.07. The molecule has 1 fully saturated rings. The molecule has 1 aliphatic heterocycles. The van der Waals surface area contributed by atoms with E-state index in [2.05, 4.69) is 5.32 Å². The predicted octanol–water partition coefficient (Wildman–Crippen LogP) is 2.29. The van der Waals surface area contributed by atoms with Crippen LogP contribution in [0.25, 0.3) is 0 Å². The molecule has 0 saturated heterocycles. The molecular formula is C16H24N2O2S. The third-order valence-corrected chi connectivity index (χ3v) is 6.84. The van der Waals surface area contributed by atoms with Crippen LogP contribution in [0, 0.1) is 0 Å². The first kappa shape index (κ1) is 15.0. The van der Waals surface area contributed by atoms with Crippen LogP contribution < -0.4 is 5.32 Å². The van der Waals surface area contributed by atoms with E-state index in [1.54, 1.807) is 17.4 Å². The molecule has 2 aliphatic rings. The molecule has 0 aromatic heterocycles. The molecule has 4 nitrogen and oxygen atoms in total. The maximum Gasteiger partial charge on any atom is 0.243 e. The monoisotopic (exact) mass is 308 g/mol. The van der Waals surface area contributed by atoms with Crippen LogP contribution in [-0.4, -0.2) is 32.4 Å². The van der Waals surface area contributed by atoms with Gasteiger partial charge in [-0.25, -0.2) is 8.42 Å². The van der Waals surface area contributed by atoms with Gasteiger partial charge in [-0.2, -0.15) is 4.31 Å². The van der Waals surface area contributed by atoms with Crippen molar-refractivity contribution >= 4 is 10.0 Å². The summed E-state index contributed by atoms with van der Waals surface area (Å²) in [6.07, 6.45) is 6.29. The van der Waals surface area contributed by atoms with Crippen LogP contribution in [-0.2, 0) is 23.0 Å². The number of fused-ring (bicyclic) bond motifs is 1. The SMILES string of the molecule is CN(C1CCCCC1)S(=O)(=O)c1cccc2c1CCNC2. The molecule has 1 aromatic carbocycles. The first-order valence-corrected chi connectivity index (χ1v) is 9.34. The number of sulfonamides is 1. The highest BCUT2D eigenvalue weighted by atomic mass is 32.2. The summed E-state index contributed by atoms with van der Waals surface area (Å²) < 4.78 is 27.6. The van der Waals surface area contributed by atoms with Gasteiger partial charge in [-0.15, -0.1) is 0 Å². The molecular weight excluding hydrogens is 284 g/mol. The summed E-state index contributed by atoms with van der Waals surface area (Å²) in [5.74, 6) is 0. The molecule has 21 heavy (non-hydrogen) atoms. The molecule has 0 spiro atoms. The Morgan fingerprint density at radius 1 is 1.19 bits per heavy atom. The van der Waals surface area contributed by atoms with Gasteiger partial charge in [0.25, 0.3) is 0 Å². The lowest BCUT2D eigenvalue weighted by atomic mass is 9.96. The first-order valence-electron chi connectivity index (χ1n) is 7.90. The molecule has 5 heteroatoms. The largest absolute Gasteiger partial charge is 0.312 e. The first-order chi connectivity index (χ1) is 10.1. The van der Waals surface area contributed by atoms with E-state index in [1.807, 2.05) is 12.1 Å². The Kier molecular flexibility index (Phi) is 4.33. The summed E-state index contributed by atoms with van der Waals surface area (Å²) in [6, 6.07) is 5.84. The summed E-state index contributed by atoms with van der Waals surface area (Å²) >= 11 is 0. The molecule has 3 rings (SSSR count).